The minimum atomic E-state index is 0.257. The number of aromatic nitrogens is 1. The van der Waals surface area contributed by atoms with E-state index in [0.717, 1.165) is 16.7 Å². The van der Waals surface area contributed by atoms with Gasteiger partial charge in [-0.15, -0.1) is 22.7 Å². The van der Waals surface area contributed by atoms with Crippen LogP contribution in [0.1, 0.15) is 16.6 Å². The Balaban J connectivity index is 2.07. The maximum absolute atomic E-state index is 5.88. The number of hydrogen-bond donors (Lipinski definition) is 1. The first-order valence-electron chi connectivity index (χ1n) is 5.22. The first-order valence-corrected chi connectivity index (χ1v) is 7.83. The number of hydrogen-bond acceptors (Lipinski definition) is 5. The molecule has 92 valence electrons. The van der Waals surface area contributed by atoms with Crippen molar-refractivity contribution in [2.45, 2.75) is 12.6 Å². The van der Waals surface area contributed by atoms with Crippen LogP contribution < -0.4 is 5.73 Å². The molecule has 2 heterocycles. The molecule has 0 saturated heterocycles. The summed E-state index contributed by atoms with van der Waals surface area (Å²) in [6.07, 6.45) is 0. The lowest BCUT2D eigenvalue weighted by atomic mass is 10.2. The fourth-order valence-electron chi connectivity index (χ4n) is 1.70. The second kappa shape index (κ2) is 6.06. The Hall–Kier alpha value is -0.270. The molecule has 0 fully saturated rings. The summed E-state index contributed by atoms with van der Waals surface area (Å²) < 4.78 is 1.12. The van der Waals surface area contributed by atoms with Gasteiger partial charge < -0.3 is 5.73 Å². The SMILES string of the molecule is CN(Cc1cscn1)C(CN)c1cc(Br)cs1. The Labute approximate surface area is 117 Å². The fraction of sp³-hybridized carbons (Fsp3) is 0.364. The van der Waals surface area contributed by atoms with Crippen molar-refractivity contribution >= 4 is 38.6 Å². The normalized spacial score (nSPS) is 13.2. The van der Waals surface area contributed by atoms with Crippen molar-refractivity contribution < 1.29 is 0 Å². The molecule has 1 atom stereocenters. The fourth-order valence-corrected chi connectivity index (χ4v) is 3.87. The molecular weight excluding hydrogens is 318 g/mol. The molecule has 17 heavy (non-hydrogen) atoms. The van der Waals surface area contributed by atoms with Crippen molar-refractivity contribution in [1.29, 1.82) is 0 Å². The van der Waals surface area contributed by atoms with Crippen LogP contribution in [0.3, 0.4) is 0 Å². The van der Waals surface area contributed by atoms with Crippen LogP contribution in [0.25, 0.3) is 0 Å². The summed E-state index contributed by atoms with van der Waals surface area (Å²) in [6, 6.07) is 2.40. The lowest BCUT2D eigenvalue weighted by Gasteiger charge is -2.25. The highest BCUT2D eigenvalue weighted by Gasteiger charge is 2.17. The number of rotatable bonds is 5. The van der Waals surface area contributed by atoms with Crippen molar-refractivity contribution in [3.8, 4) is 0 Å². The van der Waals surface area contributed by atoms with Crippen LogP contribution in [0.4, 0.5) is 0 Å². The minimum Gasteiger partial charge on any atom is -0.329 e. The molecule has 0 radical (unpaired) electrons. The van der Waals surface area contributed by atoms with Crippen molar-refractivity contribution in [2.24, 2.45) is 5.73 Å². The maximum atomic E-state index is 5.88. The Morgan fingerprint density at radius 3 is 2.88 bits per heavy atom. The third-order valence-electron chi connectivity index (χ3n) is 2.57. The van der Waals surface area contributed by atoms with Crippen LogP contribution in [0.15, 0.2) is 26.8 Å². The zero-order valence-corrected chi connectivity index (χ0v) is 12.7. The van der Waals surface area contributed by atoms with Gasteiger partial charge >= 0.3 is 0 Å². The van der Waals surface area contributed by atoms with Crippen LogP contribution in [0.2, 0.25) is 0 Å². The van der Waals surface area contributed by atoms with Gasteiger partial charge in [0.05, 0.1) is 17.2 Å². The summed E-state index contributed by atoms with van der Waals surface area (Å²) in [5, 5.41) is 4.17. The second-order valence-electron chi connectivity index (χ2n) is 3.81. The molecule has 1 unspecified atom stereocenters. The third kappa shape index (κ3) is 3.35. The van der Waals surface area contributed by atoms with Crippen LogP contribution in [0, 0.1) is 0 Å². The standard InChI is InChI=1S/C11H14BrN3S2/c1-15(4-9-6-16-7-14-9)10(3-13)11-2-8(12)5-17-11/h2,5-7,10H,3-4,13H2,1H3. The molecule has 0 amide bonds. The van der Waals surface area contributed by atoms with Crippen LogP contribution in [-0.2, 0) is 6.54 Å². The first-order chi connectivity index (χ1) is 8.20. The highest BCUT2D eigenvalue weighted by Crippen LogP contribution is 2.29. The average molecular weight is 332 g/mol. The third-order valence-corrected chi connectivity index (χ3v) is 5.00. The smallest absolute Gasteiger partial charge is 0.0795 e. The van der Waals surface area contributed by atoms with Gasteiger partial charge in [-0.25, -0.2) is 4.98 Å². The first kappa shape index (κ1) is 13.2. The van der Waals surface area contributed by atoms with Crippen LogP contribution in [0.5, 0.6) is 0 Å². The summed E-state index contributed by atoms with van der Waals surface area (Å²) in [5.41, 5.74) is 8.84. The van der Waals surface area contributed by atoms with Gasteiger partial charge in [0.1, 0.15) is 0 Å². The van der Waals surface area contributed by atoms with E-state index >= 15 is 0 Å². The van der Waals surface area contributed by atoms with Gasteiger partial charge in [0.25, 0.3) is 0 Å². The van der Waals surface area contributed by atoms with Gasteiger partial charge in [-0.2, -0.15) is 0 Å². The highest BCUT2D eigenvalue weighted by atomic mass is 79.9. The number of likely N-dealkylation sites (N-methyl/N-ethyl adjacent to an activating group) is 1. The molecular formula is C11H14BrN3S2. The van der Waals surface area contributed by atoms with Gasteiger partial charge in [-0.1, -0.05) is 0 Å². The summed E-state index contributed by atoms with van der Waals surface area (Å²) in [4.78, 5) is 7.83. The topological polar surface area (TPSA) is 42.2 Å². The van der Waals surface area contributed by atoms with Gasteiger partial charge in [-0.3, -0.25) is 4.90 Å². The van der Waals surface area contributed by atoms with E-state index in [1.807, 2.05) is 5.51 Å². The van der Waals surface area contributed by atoms with Crippen molar-refractivity contribution in [2.75, 3.05) is 13.6 Å². The van der Waals surface area contributed by atoms with E-state index in [-0.39, 0.29) is 6.04 Å². The van der Waals surface area contributed by atoms with Gasteiger partial charge in [-0.05, 0) is 29.0 Å². The summed E-state index contributed by atoms with van der Waals surface area (Å²) in [7, 11) is 2.09. The summed E-state index contributed by atoms with van der Waals surface area (Å²) in [5.74, 6) is 0. The van der Waals surface area contributed by atoms with E-state index in [2.05, 4.69) is 49.7 Å². The van der Waals surface area contributed by atoms with Crippen molar-refractivity contribution in [3.05, 3.63) is 37.4 Å². The molecule has 0 bridgehead atoms. The summed E-state index contributed by atoms with van der Waals surface area (Å²) >= 11 is 6.84. The Kier molecular flexibility index (Phi) is 4.69. The number of nitrogens with two attached hydrogens (primary N) is 1. The molecule has 2 N–H and O–H groups in total. The molecule has 2 aromatic rings. The Morgan fingerprint density at radius 1 is 1.53 bits per heavy atom. The Bertz CT molecular complexity index is 455. The van der Waals surface area contributed by atoms with E-state index in [4.69, 9.17) is 5.73 Å². The van der Waals surface area contributed by atoms with Crippen LogP contribution >= 0.6 is 38.6 Å². The van der Waals surface area contributed by atoms with E-state index in [9.17, 15) is 0 Å². The number of thiophene rings is 1. The molecule has 0 aliphatic heterocycles. The van der Waals surface area contributed by atoms with E-state index < -0.39 is 0 Å². The lowest BCUT2D eigenvalue weighted by Crippen LogP contribution is -2.29. The molecule has 0 aromatic carbocycles. The molecule has 0 aliphatic carbocycles. The van der Waals surface area contributed by atoms with Crippen molar-refractivity contribution in [1.82, 2.24) is 9.88 Å². The largest absolute Gasteiger partial charge is 0.329 e. The van der Waals surface area contributed by atoms with Gasteiger partial charge in [0, 0.05) is 33.2 Å². The molecule has 0 spiro atoms. The maximum Gasteiger partial charge on any atom is 0.0795 e. The monoisotopic (exact) mass is 331 g/mol. The highest BCUT2D eigenvalue weighted by molar-refractivity contribution is 9.10. The molecule has 2 aromatic heterocycles. The second-order valence-corrected chi connectivity index (χ2v) is 6.39. The quantitative estimate of drug-likeness (QED) is 0.915. The molecule has 2 rings (SSSR count). The number of nitrogens with zero attached hydrogens (tertiary/aromatic N) is 2. The molecule has 0 saturated carbocycles. The average Bonchev–Trinajstić information content (AvgIpc) is 2.91. The minimum absolute atomic E-state index is 0.257. The van der Waals surface area contributed by atoms with Crippen molar-refractivity contribution in [3.63, 3.8) is 0 Å². The van der Waals surface area contributed by atoms with Gasteiger partial charge in [0.15, 0.2) is 0 Å². The molecule has 6 heteroatoms. The zero-order valence-electron chi connectivity index (χ0n) is 9.47. The van der Waals surface area contributed by atoms with E-state index in [1.165, 1.54) is 4.88 Å². The predicted octanol–water partition coefficient (Wildman–Crippen LogP) is 3.10. The molecule has 0 aliphatic rings. The van der Waals surface area contributed by atoms with E-state index in [1.54, 1.807) is 22.7 Å². The van der Waals surface area contributed by atoms with Gasteiger partial charge in [0.2, 0.25) is 0 Å². The van der Waals surface area contributed by atoms with E-state index in [0.29, 0.717) is 6.54 Å². The number of halogens is 1. The number of thiazole rings is 1. The van der Waals surface area contributed by atoms with Crippen LogP contribution in [-0.4, -0.2) is 23.5 Å². The lowest BCUT2D eigenvalue weighted by molar-refractivity contribution is 0.243. The zero-order chi connectivity index (χ0) is 12.3. The molecule has 3 nitrogen and oxygen atoms in total. The summed E-state index contributed by atoms with van der Waals surface area (Å²) in [6.45, 7) is 1.45. The predicted molar refractivity (Wildman–Crippen MR) is 77.4 cm³/mol. The Morgan fingerprint density at radius 2 is 2.35 bits per heavy atom.